The maximum absolute atomic E-state index is 13.6. The third kappa shape index (κ3) is 4.60. The molecule has 2 aliphatic rings. The van der Waals surface area contributed by atoms with Crippen LogP contribution >= 0.6 is 0 Å². The highest BCUT2D eigenvalue weighted by Gasteiger charge is 2.28. The first kappa shape index (κ1) is 18.4. The molecule has 5 nitrogen and oxygen atoms in total. The van der Waals surface area contributed by atoms with Crippen LogP contribution in [0.5, 0.6) is 5.75 Å². The first-order valence-electron chi connectivity index (χ1n) is 8.56. The van der Waals surface area contributed by atoms with E-state index in [2.05, 4.69) is 0 Å². The van der Waals surface area contributed by atoms with E-state index >= 15 is 0 Å². The zero-order valence-corrected chi connectivity index (χ0v) is 14.2. The maximum atomic E-state index is 13.6. The monoisotopic (exact) mass is 365 g/mol. The van der Waals surface area contributed by atoms with Gasteiger partial charge in [-0.05, 0) is 30.7 Å². The van der Waals surface area contributed by atoms with Crippen molar-refractivity contribution < 1.29 is 28.2 Å². The lowest BCUT2D eigenvalue weighted by Gasteiger charge is -2.19. The zero-order valence-electron chi connectivity index (χ0n) is 14.2. The highest BCUT2D eigenvalue weighted by atomic mass is 19.1. The number of ether oxygens (including phenoxy) is 2. The van der Waals surface area contributed by atoms with Crippen LogP contribution in [0.3, 0.4) is 0 Å². The van der Waals surface area contributed by atoms with Gasteiger partial charge in [0, 0.05) is 31.6 Å². The molecule has 7 heteroatoms. The highest BCUT2D eigenvalue weighted by Crippen LogP contribution is 2.23. The first-order chi connectivity index (χ1) is 12.5. The van der Waals surface area contributed by atoms with Crippen molar-refractivity contribution in [3.8, 4) is 5.75 Å². The Morgan fingerprint density at radius 2 is 2.19 bits per heavy atom. The Kier molecular flexibility index (Phi) is 5.88. The number of likely N-dealkylation sites (tertiary alicyclic amines) is 1. The van der Waals surface area contributed by atoms with Gasteiger partial charge in [0.15, 0.2) is 18.2 Å². The average Bonchev–Trinajstić information content (AvgIpc) is 3.11. The second-order valence-electron chi connectivity index (χ2n) is 6.38. The summed E-state index contributed by atoms with van der Waals surface area (Å²) in [5.74, 6) is -0.890. The van der Waals surface area contributed by atoms with E-state index in [9.17, 15) is 13.6 Å². The van der Waals surface area contributed by atoms with Crippen LogP contribution in [-0.4, -0.2) is 48.3 Å². The van der Waals surface area contributed by atoms with Gasteiger partial charge in [-0.25, -0.2) is 8.78 Å². The van der Waals surface area contributed by atoms with Crippen molar-refractivity contribution >= 4 is 5.91 Å². The van der Waals surface area contributed by atoms with Crippen LogP contribution in [0, 0.1) is 17.6 Å². The molecule has 1 N–H and O–H groups in total. The molecule has 2 unspecified atom stereocenters. The number of benzene rings is 1. The Morgan fingerprint density at radius 3 is 2.88 bits per heavy atom. The van der Waals surface area contributed by atoms with Gasteiger partial charge in [-0.2, -0.15) is 0 Å². The topological polar surface area (TPSA) is 59.0 Å². The molecule has 0 radical (unpaired) electrons. The Hall–Kier alpha value is -2.41. The molecule has 0 saturated carbocycles. The molecule has 3 rings (SSSR count). The number of rotatable bonds is 6. The van der Waals surface area contributed by atoms with Gasteiger partial charge in [0.1, 0.15) is 17.7 Å². The fourth-order valence-corrected chi connectivity index (χ4v) is 2.93. The molecule has 0 aromatic heterocycles. The minimum Gasteiger partial charge on any atom is -0.485 e. The molecule has 1 aliphatic heterocycles. The number of halogens is 2. The van der Waals surface area contributed by atoms with Gasteiger partial charge < -0.3 is 19.5 Å². The van der Waals surface area contributed by atoms with Crippen LogP contribution < -0.4 is 4.74 Å². The molecule has 1 fully saturated rings. The molecule has 140 valence electrons. The van der Waals surface area contributed by atoms with Crippen LogP contribution in [0.1, 0.15) is 12.8 Å². The SMILES string of the molecule is O=C(COC1=CCC(CO)C=C1)N1CCC(Oc2ccc(F)cc2F)C1. The quantitative estimate of drug-likeness (QED) is 0.841. The van der Waals surface area contributed by atoms with E-state index < -0.39 is 11.6 Å². The lowest BCUT2D eigenvalue weighted by atomic mass is 10.0. The summed E-state index contributed by atoms with van der Waals surface area (Å²) in [6.07, 6.45) is 6.38. The second-order valence-corrected chi connectivity index (χ2v) is 6.38. The van der Waals surface area contributed by atoms with Crippen LogP contribution in [-0.2, 0) is 9.53 Å². The molecular weight excluding hydrogens is 344 g/mol. The average molecular weight is 365 g/mol. The summed E-state index contributed by atoms with van der Waals surface area (Å²) < 4.78 is 37.6. The summed E-state index contributed by atoms with van der Waals surface area (Å²) >= 11 is 0. The van der Waals surface area contributed by atoms with Gasteiger partial charge in [-0.1, -0.05) is 6.08 Å². The lowest BCUT2D eigenvalue weighted by molar-refractivity contribution is -0.133. The third-order valence-corrected chi connectivity index (χ3v) is 4.44. The molecule has 1 saturated heterocycles. The second kappa shape index (κ2) is 8.31. The number of hydrogen-bond acceptors (Lipinski definition) is 4. The van der Waals surface area contributed by atoms with Crippen molar-refractivity contribution in [2.45, 2.75) is 18.9 Å². The minimum absolute atomic E-state index is 0.0158. The molecule has 2 atom stereocenters. The largest absolute Gasteiger partial charge is 0.485 e. The van der Waals surface area contributed by atoms with E-state index in [4.69, 9.17) is 14.6 Å². The van der Waals surface area contributed by atoms with E-state index in [1.54, 1.807) is 11.0 Å². The molecule has 1 aromatic carbocycles. The Labute approximate surface area is 150 Å². The third-order valence-electron chi connectivity index (χ3n) is 4.44. The fourth-order valence-electron chi connectivity index (χ4n) is 2.93. The van der Waals surface area contributed by atoms with Crippen molar-refractivity contribution in [1.29, 1.82) is 0 Å². The molecule has 26 heavy (non-hydrogen) atoms. The van der Waals surface area contributed by atoms with Crippen molar-refractivity contribution in [1.82, 2.24) is 4.90 Å². The lowest BCUT2D eigenvalue weighted by Crippen LogP contribution is -2.33. The van der Waals surface area contributed by atoms with E-state index in [1.165, 1.54) is 6.07 Å². The number of amides is 1. The van der Waals surface area contributed by atoms with Gasteiger partial charge >= 0.3 is 0 Å². The van der Waals surface area contributed by atoms with Crippen LogP contribution in [0.15, 0.2) is 42.2 Å². The smallest absolute Gasteiger partial charge is 0.260 e. The molecule has 1 aliphatic carbocycles. The first-order valence-corrected chi connectivity index (χ1v) is 8.56. The van der Waals surface area contributed by atoms with Crippen LogP contribution in [0.2, 0.25) is 0 Å². The van der Waals surface area contributed by atoms with Gasteiger partial charge in [0.25, 0.3) is 5.91 Å². The summed E-state index contributed by atoms with van der Waals surface area (Å²) in [4.78, 5) is 13.9. The van der Waals surface area contributed by atoms with Crippen LogP contribution in [0.25, 0.3) is 0 Å². The zero-order chi connectivity index (χ0) is 18.5. The Balaban J connectivity index is 1.45. The highest BCUT2D eigenvalue weighted by molar-refractivity contribution is 5.78. The summed E-state index contributed by atoms with van der Waals surface area (Å²) in [6.45, 7) is 0.832. The Bertz CT molecular complexity index is 719. The maximum Gasteiger partial charge on any atom is 0.260 e. The predicted molar refractivity (Wildman–Crippen MR) is 90.3 cm³/mol. The number of aliphatic hydroxyl groups is 1. The number of allylic oxidation sites excluding steroid dienone is 2. The number of carbonyl (C=O) groups excluding carboxylic acids is 1. The molecular formula is C19H21F2NO4. The molecule has 1 heterocycles. The summed E-state index contributed by atoms with van der Waals surface area (Å²) in [5, 5.41) is 9.06. The van der Waals surface area contributed by atoms with Crippen molar-refractivity contribution in [3.63, 3.8) is 0 Å². The number of carbonyl (C=O) groups is 1. The van der Waals surface area contributed by atoms with E-state index in [0.29, 0.717) is 31.7 Å². The predicted octanol–water partition coefficient (Wildman–Crippen LogP) is 2.41. The van der Waals surface area contributed by atoms with Gasteiger partial charge in [0.05, 0.1) is 6.54 Å². The van der Waals surface area contributed by atoms with Gasteiger partial charge in [-0.15, -0.1) is 0 Å². The normalized spacial score (nSPS) is 22.3. The molecule has 1 aromatic rings. The fraction of sp³-hybridized carbons (Fsp3) is 0.421. The number of hydrogen-bond donors (Lipinski definition) is 1. The van der Waals surface area contributed by atoms with Gasteiger partial charge in [-0.3, -0.25) is 4.79 Å². The Morgan fingerprint density at radius 1 is 1.35 bits per heavy atom. The molecule has 0 spiro atoms. The number of nitrogens with zero attached hydrogens (tertiary/aromatic N) is 1. The molecule has 1 amide bonds. The minimum atomic E-state index is -0.754. The van der Waals surface area contributed by atoms with Crippen molar-refractivity contribution in [2.75, 3.05) is 26.3 Å². The standard InChI is InChI=1S/C19H21F2NO4/c20-14-3-6-18(17(21)9-14)26-16-7-8-22(10-16)19(24)12-25-15-4-1-13(11-23)2-5-15/h1,3-6,9,13,16,23H,2,7-8,10-12H2. The van der Waals surface area contributed by atoms with E-state index in [-0.39, 0.29) is 36.9 Å². The van der Waals surface area contributed by atoms with E-state index in [0.717, 1.165) is 12.1 Å². The molecule has 0 bridgehead atoms. The van der Waals surface area contributed by atoms with Crippen LogP contribution in [0.4, 0.5) is 8.78 Å². The number of aliphatic hydroxyl groups excluding tert-OH is 1. The van der Waals surface area contributed by atoms with Gasteiger partial charge in [0.2, 0.25) is 0 Å². The summed E-state index contributed by atoms with van der Waals surface area (Å²) in [5.41, 5.74) is 0. The van der Waals surface area contributed by atoms with Crippen molar-refractivity contribution in [3.05, 3.63) is 53.8 Å². The van der Waals surface area contributed by atoms with E-state index in [1.807, 2.05) is 12.2 Å². The summed E-state index contributed by atoms with van der Waals surface area (Å²) in [7, 11) is 0. The van der Waals surface area contributed by atoms with Crippen molar-refractivity contribution in [2.24, 2.45) is 5.92 Å². The summed E-state index contributed by atoms with van der Waals surface area (Å²) in [6, 6.07) is 3.16.